The molecule has 54 valence electrons. The standard InChI is InChI=1S/C8H11NO/c9-5-8(6-10)7-3-1-2-4-7/h6-8H,1-4H2/t8-/m0/s1. The van der Waals surface area contributed by atoms with Gasteiger partial charge in [-0.1, -0.05) is 12.8 Å². The summed E-state index contributed by atoms with van der Waals surface area (Å²) in [7, 11) is 0. The fraction of sp³-hybridized carbons (Fsp3) is 0.750. The van der Waals surface area contributed by atoms with E-state index in [0.717, 1.165) is 19.1 Å². The largest absolute Gasteiger partial charge is 0.302 e. The van der Waals surface area contributed by atoms with E-state index in [1.165, 1.54) is 12.8 Å². The number of carbonyl (C=O) groups is 1. The van der Waals surface area contributed by atoms with E-state index in [9.17, 15) is 4.79 Å². The van der Waals surface area contributed by atoms with E-state index < -0.39 is 0 Å². The minimum Gasteiger partial charge on any atom is -0.302 e. The summed E-state index contributed by atoms with van der Waals surface area (Å²) in [6, 6.07) is 2.03. The average molecular weight is 137 g/mol. The first-order valence-electron chi connectivity index (χ1n) is 3.73. The number of nitriles is 1. The number of rotatable bonds is 2. The van der Waals surface area contributed by atoms with E-state index in [4.69, 9.17) is 5.26 Å². The van der Waals surface area contributed by atoms with Crippen LogP contribution in [0.3, 0.4) is 0 Å². The third kappa shape index (κ3) is 1.36. The Kier molecular flexibility index (Phi) is 2.44. The van der Waals surface area contributed by atoms with Gasteiger partial charge >= 0.3 is 0 Å². The molecule has 1 saturated carbocycles. The lowest BCUT2D eigenvalue weighted by Crippen LogP contribution is -2.10. The molecule has 0 N–H and O–H groups in total. The van der Waals surface area contributed by atoms with Gasteiger partial charge in [0, 0.05) is 0 Å². The molecule has 0 saturated heterocycles. The zero-order valence-corrected chi connectivity index (χ0v) is 5.92. The highest BCUT2D eigenvalue weighted by Crippen LogP contribution is 2.29. The molecule has 1 aliphatic rings. The molecule has 0 heterocycles. The van der Waals surface area contributed by atoms with Crippen molar-refractivity contribution in [1.29, 1.82) is 5.26 Å². The normalized spacial score (nSPS) is 21.9. The van der Waals surface area contributed by atoms with Gasteiger partial charge in [0.15, 0.2) is 0 Å². The molecule has 1 aliphatic carbocycles. The molecule has 1 atom stereocenters. The first-order valence-corrected chi connectivity index (χ1v) is 3.73. The van der Waals surface area contributed by atoms with Crippen molar-refractivity contribution >= 4 is 6.29 Å². The topological polar surface area (TPSA) is 40.9 Å². The van der Waals surface area contributed by atoms with E-state index >= 15 is 0 Å². The number of nitrogens with zero attached hydrogens (tertiary/aromatic N) is 1. The smallest absolute Gasteiger partial charge is 0.137 e. The van der Waals surface area contributed by atoms with E-state index in [2.05, 4.69) is 0 Å². The third-order valence-electron chi connectivity index (χ3n) is 2.20. The van der Waals surface area contributed by atoms with Gasteiger partial charge in [0.2, 0.25) is 0 Å². The molecule has 0 aromatic heterocycles. The Balaban J connectivity index is 2.46. The maximum Gasteiger partial charge on any atom is 0.137 e. The van der Waals surface area contributed by atoms with E-state index in [1.807, 2.05) is 6.07 Å². The minimum atomic E-state index is -0.331. The fourth-order valence-electron chi connectivity index (χ4n) is 1.56. The van der Waals surface area contributed by atoms with Crippen LogP contribution in [0.4, 0.5) is 0 Å². The maximum absolute atomic E-state index is 10.3. The van der Waals surface area contributed by atoms with E-state index in [0.29, 0.717) is 5.92 Å². The van der Waals surface area contributed by atoms with Crippen molar-refractivity contribution in [3.05, 3.63) is 0 Å². The summed E-state index contributed by atoms with van der Waals surface area (Å²) >= 11 is 0. The van der Waals surface area contributed by atoms with Crippen molar-refractivity contribution in [2.45, 2.75) is 25.7 Å². The SMILES string of the molecule is N#C[C@@H](C=O)C1CCCC1. The lowest BCUT2D eigenvalue weighted by atomic mass is 9.94. The summed E-state index contributed by atoms with van der Waals surface area (Å²) in [6.07, 6.45) is 5.30. The van der Waals surface area contributed by atoms with Gasteiger partial charge in [-0.25, -0.2) is 0 Å². The average Bonchev–Trinajstić information content (AvgIpc) is 2.43. The molecule has 10 heavy (non-hydrogen) atoms. The van der Waals surface area contributed by atoms with Crippen molar-refractivity contribution in [3.8, 4) is 6.07 Å². The summed E-state index contributed by atoms with van der Waals surface area (Å²) in [5, 5.41) is 8.51. The van der Waals surface area contributed by atoms with Crippen LogP contribution >= 0.6 is 0 Å². The maximum atomic E-state index is 10.3. The van der Waals surface area contributed by atoms with E-state index in [-0.39, 0.29) is 5.92 Å². The van der Waals surface area contributed by atoms with Crippen LogP contribution in [-0.2, 0) is 4.79 Å². The molecule has 1 rings (SSSR count). The number of hydrogen-bond acceptors (Lipinski definition) is 2. The zero-order valence-electron chi connectivity index (χ0n) is 5.92. The summed E-state index contributed by atoms with van der Waals surface area (Å²) < 4.78 is 0. The summed E-state index contributed by atoms with van der Waals surface area (Å²) in [6.45, 7) is 0. The van der Waals surface area contributed by atoms with Crippen molar-refractivity contribution in [2.24, 2.45) is 11.8 Å². The Morgan fingerprint density at radius 2 is 2.10 bits per heavy atom. The molecular weight excluding hydrogens is 126 g/mol. The Morgan fingerprint density at radius 3 is 2.50 bits per heavy atom. The minimum absolute atomic E-state index is 0.331. The van der Waals surface area contributed by atoms with Gasteiger partial charge in [-0.2, -0.15) is 5.26 Å². The third-order valence-corrected chi connectivity index (χ3v) is 2.20. The van der Waals surface area contributed by atoms with Gasteiger partial charge in [-0.05, 0) is 18.8 Å². The molecule has 0 aliphatic heterocycles. The zero-order chi connectivity index (χ0) is 7.40. The molecule has 1 fully saturated rings. The monoisotopic (exact) mass is 137 g/mol. The van der Waals surface area contributed by atoms with Crippen LogP contribution in [0.15, 0.2) is 0 Å². The van der Waals surface area contributed by atoms with Gasteiger partial charge in [0.1, 0.15) is 12.2 Å². The molecule has 0 spiro atoms. The predicted molar refractivity (Wildman–Crippen MR) is 37.1 cm³/mol. The molecule has 2 nitrogen and oxygen atoms in total. The molecule has 0 radical (unpaired) electrons. The van der Waals surface area contributed by atoms with Crippen molar-refractivity contribution < 1.29 is 4.79 Å². The molecule has 0 unspecified atom stereocenters. The fourth-order valence-corrected chi connectivity index (χ4v) is 1.56. The second-order valence-electron chi connectivity index (χ2n) is 2.84. The molecule has 0 amide bonds. The van der Waals surface area contributed by atoms with Gasteiger partial charge in [0.25, 0.3) is 0 Å². The molecular formula is C8H11NO. The Hall–Kier alpha value is -0.840. The highest BCUT2D eigenvalue weighted by Gasteiger charge is 2.23. The first kappa shape index (κ1) is 7.27. The van der Waals surface area contributed by atoms with Crippen molar-refractivity contribution in [3.63, 3.8) is 0 Å². The van der Waals surface area contributed by atoms with Crippen LogP contribution < -0.4 is 0 Å². The van der Waals surface area contributed by atoms with Crippen LogP contribution in [0.1, 0.15) is 25.7 Å². The highest BCUT2D eigenvalue weighted by atomic mass is 16.1. The molecule has 0 aromatic carbocycles. The quantitative estimate of drug-likeness (QED) is 0.541. The van der Waals surface area contributed by atoms with Gasteiger partial charge < -0.3 is 4.79 Å². The van der Waals surface area contributed by atoms with Crippen molar-refractivity contribution in [1.82, 2.24) is 0 Å². The van der Waals surface area contributed by atoms with E-state index in [1.54, 1.807) is 0 Å². The van der Waals surface area contributed by atoms with Gasteiger partial charge in [0.05, 0.1) is 6.07 Å². The van der Waals surface area contributed by atoms with Crippen LogP contribution in [0.25, 0.3) is 0 Å². The lowest BCUT2D eigenvalue weighted by molar-refractivity contribution is -0.110. The lowest BCUT2D eigenvalue weighted by Gasteiger charge is -2.07. The second kappa shape index (κ2) is 3.36. The van der Waals surface area contributed by atoms with Crippen LogP contribution in [0.5, 0.6) is 0 Å². The Labute approximate surface area is 60.8 Å². The van der Waals surface area contributed by atoms with Crippen LogP contribution in [0.2, 0.25) is 0 Å². The number of hydrogen-bond donors (Lipinski definition) is 0. The van der Waals surface area contributed by atoms with Crippen LogP contribution in [0, 0.1) is 23.2 Å². The Morgan fingerprint density at radius 1 is 1.50 bits per heavy atom. The van der Waals surface area contributed by atoms with Crippen LogP contribution in [-0.4, -0.2) is 6.29 Å². The summed E-state index contributed by atoms with van der Waals surface area (Å²) in [5.41, 5.74) is 0. The second-order valence-corrected chi connectivity index (χ2v) is 2.84. The number of aldehydes is 1. The highest BCUT2D eigenvalue weighted by molar-refractivity contribution is 5.58. The molecule has 2 heteroatoms. The molecule has 0 bridgehead atoms. The Bertz CT molecular complexity index is 153. The predicted octanol–water partition coefficient (Wildman–Crippen LogP) is 1.52. The van der Waals surface area contributed by atoms with Gasteiger partial charge in [-0.15, -0.1) is 0 Å². The van der Waals surface area contributed by atoms with Gasteiger partial charge in [-0.3, -0.25) is 0 Å². The van der Waals surface area contributed by atoms with Crippen molar-refractivity contribution in [2.75, 3.05) is 0 Å². The number of carbonyl (C=O) groups excluding carboxylic acids is 1. The summed E-state index contributed by atoms with van der Waals surface area (Å²) in [4.78, 5) is 10.3. The molecule has 0 aromatic rings. The summed E-state index contributed by atoms with van der Waals surface area (Å²) in [5.74, 6) is 0.0324. The first-order chi connectivity index (χ1) is 4.88.